The third-order valence-corrected chi connectivity index (χ3v) is 4.40. The molecule has 0 aliphatic heterocycles. The molecule has 0 radical (unpaired) electrons. The summed E-state index contributed by atoms with van der Waals surface area (Å²) in [7, 11) is 0. The van der Waals surface area contributed by atoms with Crippen LogP contribution in [0.25, 0.3) is 0 Å². The minimum absolute atomic E-state index is 0.0333. The van der Waals surface area contributed by atoms with Crippen molar-refractivity contribution in [1.82, 2.24) is 35.9 Å². The molecule has 3 atom stereocenters. The number of rotatable bonds is 13. The molecule has 2 aromatic heterocycles. The van der Waals surface area contributed by atoms with Crippen LogP contribution in [0.2, 0.25) is 0 Å². The lowest BCUT2D eigenvalue weighted by atomic mass is 10.1. The Labute approximate surface area is 187 Å². The number of nitrogens with one attached hydrogen (secondary N) is 5. The van der Waals surface area contributed by atoms with Gasteiger partial charge in [-0.3, -0.25) is 24.0 Å². The lowest BCUT2D eigenvalue weighted by Crippen LogP contribution is -2.57. The molecule has 2 heterocycles. The Bertz CT molecular complexity index is 960. The molecule has 0 spiro atoms. The fourth-order valence-corrected chi connectivity index (χ4v) is 2.80. The van der Waals surface area contributed by atoms with Gasteiger partial charge in [-0.2, -0.15) is 0 Å². The van der Waals surface area contributed by atoms with E-state index in [2.05, 4.69) is 35.9 Å². The number of nitrogens with two attached hydrogens (primary N) is 2. The van der Waals surface area contributed by atoms with Crippen LogP contribution in [0.15, 0.2) is 25.0 Å². The number of aromatic amines is 2. The van der Waals surface area contributed by atoms with Gasteiger partial charge in [-0.05, 0) is 0 Å². The summed E-state index contributed by atoms with van der Waals surface area (Å²) in [4.78, 5) is 73.1. The van der Waals surface area contributed by atoms with Gasteiger partial charge in [0.25, 0.3) is 0 Å². The monoisotopic (exact) mass is 463 g/mol. The average molecular weight is 463 g/mol. The molecule has 0 bridgehead atoms. The number of carbonyl (C=O) groups is 5. The van der Waals surface area contributed by atoms with Gasteiger partial charge in [0.15, 0.2) is 0 Å². The van der Waals surface area contributed by atoms with Gasteiger partial charge < -0.3 is 42.5 Å². The Balaban J connectivity index is 2.11. The van der Waals surface area contributed by atoms with Crippen molar-refractivity contribution in [2.24, 2.45) is 11.5 Å². The number of amides is 4. The fourth-order valence-electron chi connectivity index (χ4n) is 2.80. The summed E-state index contributed by atoms with van der Waals surface area (Å²) < 4.78 is 0. The molecular formula is C18H25N9O6. The number of carboxylic acid groups (broad SMARTS) is 1. The molecule has 0 aliphatic rings. The summed E-state index contributed by atoms with van der Waals surface area (Å²) in [6, 6.07) is -3.66. The molecule has 15 heteroatoms. The van der Waals surface area contributed by atoms with Gasteiger partial charge >= 0.3 is 5.97 Å². The van der Waals surface area contributed by atoms with Crippen LogP contribution in [-0.2, 0) is 36.8 Å². The zero-order valence-corrected chi connectivity index (χ0v) is 17.4. The number of primary amides is 1. The molecule has 2 aromatic rings. The van der Waals surface area contributed by atoms with Crippen LogP contribution in [-0.4, -0.2) is 79.3 Å². The number of aromatic nitrogens is 4. The molecule has 15 nitrogen and oxygen atoms in total. The molecule has 0 aliphatic carbocycles. The first-order chi connectivity index (χ1) is 15.7. The molecule has 0 fully saturated rings. The topological polar surface area (TPSA) is 251 Å². The highest BCUT2D eigenvalue weighted by Crippen LogP contribution is 2.03. The first-order valence-electron chi connectivity index (χ1n) is 9.74. The zero-order valence-electron chi connectivity index (χ0n) is 17.4. The SMILES string of the molecule is NC(=O)CC(NC(=O)C(Cc1cnc[nH]1)NC(=O)C(N)Cc1cnc[nH]1)C(=O)NCC(=O)O. The number of hydrogen-bond acceptors (Lipinski definition) is 8. The van der Waals surface area contributed by atoms with Crippen LogP contribution >= 0.6 is 0 Å². The van der Waals surface area contributed by atoms with E-state index in [1.807, 2.05) is 0 Å². The Morgan fingerprint density at radius 2 is 1.48 bits per heavy atom. The standard InChI is InChI=1S/C18H25N9O6/c19-11(1-9-4-21-7-24-9)16(31)26-12(2-10-5-22-8-25-10)18(33)27-13(3-14(20)28)17(32)23-6-15(29)30/h4-5,7-8,11-13H,1-3,6,19H2,(H2,20,28)(H,21,24)(H,22,25)(H,23,32)(H,26,31)(H,27,33)(H,29,30). The van der Waals surface area contributed by atoms with E-state index in [1.54, 1.807) is 0 Å². The molecule has 10 N–H and O–H groups in total. The summed E-state index contributed by atoms with van der Waals surface area (Å²) in [6.45, 7) is -0.721. The normalized spacial score (nSPS) is 13.4. The molecule has 3 unspecified atom stereocenters. The van der Waals surface area contributed by atoms with Gasteiger partial charge in [-0.1, -0.05) is 0 Å². The number of carboxylic acids is 1. The molecule has 4 amide bonds. The second-order valence-electron chi connectivity index (χ2n) is 7.07. The Hall–Kier alpha value is -4.27. The predicted molar refractivity (Wildman–Crippen MR) is 111 cm³/mol. The zero-order chi connectivity index (χ0) is 24.4. The summed E-state index contributed by atoms with van der Waals surface area (Å²) in [5, 5.41) is 15.6. The Morgan fingerprint density at radius 1 is 0.909 bits per heavy atom. The van der Waals surface area contributed by atoms with E-state index in [4.69, 9.17) is 16.6 Å². The molecule has 0 saturated carbocycles. The van der Waals surface area contributed by atoms with Crippen LogP contribution in [0.5, 0.6) is 0 Å². The highest BCUT2D eigenvalue weighted by atomic mass is 16.4. The molecule has 0 aromatic carbocycles. The first kappa shape index (κ1) is 25.0. The van der Waals surface area contributed by atoms with Gasteiger partial charge in [-0.25, -0.2) is 9.97 Å². The van der Waals surface area contributed by atoms with Gasteiger partial charge in [0.1, 0.15) is 18.6 Å². The van der Waals surface area contributed by atoms with Gasteiger partial charge in [-0.15, -0.1) is 0 Å². The highest BCUT2D eigenvalue weighted by molar-refractivity contribution is 5.95. The van der Waals surface area contributed by atoms with E-state index in [-0.39, 0.29) is 12.8 Å². The van der Waals surface area contributed by atoms with E-state index < -0.39 is 60.7 Å². The number of carbonyl (C=O) groups excluding carboxylic acids is 4. The van der Waals surface area contributed by atoms with Crippen molar-refractivity contribution in [3.63, 3.8) is 0 Å². The smallest absolute Gasteiger partial charge is 0.322 e. The summed E-state index contributed by atoms with van der Waals surface area (Å²) in [5.74, 6) is -4.61. The molecular weight excluding hydrogens is 438 g/mol. The second kappa shape index (κ2) is 11.9. The summed E-state index contributed by atoms with van der Waals surface area (Å²) >= 11 is 0. The molecule has 33 heavy (non-hydrogen) atoms. The number of hydrogen-bond donors (Lipinski definition) is 8. The van der Waals surface area contributed by atoms with E-state index in [9.17, 15) is 24.0 Å². The van der Waals surface area contributed by atoms with E-state index in [0.29, 0.717) is 11.4 Å². The minimum Gasteiger partial charge on any atom is -0.480 e. The van der Waals surface area contributed by atoms with Crippen molar-refractivity contribution in [2.45, 2.75) is 37.4 Å². The number of imidazole rings is 2. The third kappa shape index (κ3) is 8.41. The largest absolute Gasteiger partial charge is 0.480 e. The van der Waals surface area contributed by atoms with E-state index >= 15 is 0 Å². The van der Waals surface area contributed by atoms with Crippen LogP contribution < -0.4 is 27.4 Å². The van der Waals surface area contributed by atoms with Crippen molar-refractivity contribution in [3.8, 4) is 0 Å². The summed E-state index contributed by atoms with van der Waals surface area (Å²) in [5.41, 5.74) is 12.2. The van der Waals surface area contributed by atoms with Gasteiger partial charge in [0.05, 0.1) is 25.1 Å². The Kier molecular flexibility index (Phi) is 9.05. The molecule has 0 saturated heterocycles. The van der Waals surface area contributed by atoms with E-state index in [0.717, 1.165) is 0 Å². The van der Waals surface area contributed by atoms with Crippen LogP contribution in [0.4, 0.5) is 0 Å². The number of aliphatic carboxylic acids is 1. The second-order valence-corrected chi connectivity index (χ2v) is 7.07. The van der Waals surface area contributed by atoms with Crippen molar-refractivity contribution in [2.75, 3.05) is 6.54 Å². The van der Waals surface area contributed by atoms with Crippen LogP contribution in [0.1, 0.15) is 17.8 Å². The molecule has 2 rings (SSSR count). The van der Waals surface area contributed by atoms with Gasteiger partial charge in [0.2, 0.25) is 23.6 Å². The van der Waals surface area contributed by atoms with E-state index in [1.165, 1.54) is 25.0 Å². The number of nitrogens with zero attached hydrogens (tertiary/aromatic N) is 2. The quantitative estimate of drug-likeness (QED) is 0.145. The molecule has 178 valence electrons. The summed E-state index contributed by atoms with van der Waals surface area (Å²) in [6.07, 6.45) is 5.28. The lowest BCUT2D eigenvalue weighted by Gasteiger charge is -2.23. The maximum Gasteiger partial charge on any atom is 0.322 e. The third-order valence-electron chi connectivity index (χ3n) is 4.40. The fraction of sp³-hybridized carbons (Fsp3) is 0.389. The maximum atomic E-state index is 12.9. The number of H-pyrrole nitrogens is 2. The van der Waals surface area contributed by atoms with Crippen molar-refractivity contribution < 1.29 is 29.1 Å². The highest BCUT2D eigenvalue weighted by Gasteiger charge is 2.30. The predicted octanol–water partition coefficient (Wildman–Crippen LogP) is -3.71. The van der Waals surface area contributed by atoms with Crippen LogP contribution in [0, 0.1) is 0 Å². The first-order valence-corrected chi connectivity index (χ1v) is 9.74. The van der Waals surface area contributed by atoms with Crippen LogP contribution in [0.3, 0.4) is 0 Å². The van der Waals surface area contributed by atoms with Crippen molar-refractivity contribution >= 4 is 29.6 Å². The Morgan fingerprint density at radius 3 is 2.00 bits per heavy atom. The average Bonchev–Trinajstić information content (AvgIpc) is 3.44. The van der Waals surface area contributed by atoms with Gasteiger partial charge in [0, 0.05) is 36.6 Å². The minimum atomic E-state index is -1.45. The van der Waals surface area contributed by atoms with Crippen molar-refractivity contribution in [3.05, 3.63) is 36.4 Å². The maximum absolute atomic E-state index is 12.9. The lowest BCUT2D eigenvalue weighted by molar-refractivity contribution is -0.138. The van der Waals surface area contributed by atoms with Crippen molar-refractivity contribution in [1.29, 1.82) is 0 Å².